The van der Waals surface area contributed by atoms with Crippen molar-refractivity contribution in [2.75, 3.05) is 19.0 Å². The molecule has 1 aliphatic rings. The van der Waals surface area contributed by atoms with Gasteiger partial charge in [-0.3, -0.25) is 4.55 Å². The van der Waals surface area contributed by atoms with E-state index < -0.39 is 10.1 Å². The van der Waals surface area contributed by atoms with E-state index in [1.54, 1.807) is 0 Å². The Labute approximate surface area is 72.7 Å². The highest BCUT2D eigenvalue weighted by molar-refractivity contribution is 7.85. The van der Waals surface area contributed by atoms with Crippen LogP contribution in [-0.2, 0) is 14.9 Å². The maximum atomic E-state index is 10.4. The van der Waals surface area contributed by atoms with Gasteiger partial charge < -0.3 is 4.74 Å². The summed E-state index contributed by atoms with van der Waals surface area (Å²) in [4.78, 5) is 0. The summed E-state index contributed by atoms with van der Waals surface area (Å²) in [6.07, 6.45) is 2.38. The largest absolute Gasteiger partial charge is 0.381 e. The minimum Gasteiger partial charge on any atom is -0.381 e. The molecule has 5 heteroatoms. The van der Waals surface area contributed by atoms with Crippen LogP contribution in [0.4, 0.5) is 0 Å². The number of rotatable bonds is 3. The number of hydrogen-bond donors (Lipinski definition) is 1. The lowest BCUT2D eigenvalue weighted by Gasteiger charge is -2.20. The molecule has 0 spiro atoms. The quantitative estimate of drug-likeness (QED) is 0.671. The normalized spacial score (nSPS) is 21.1. The lowest BCUT2D eigenvalue weighted by Crippen LogP contribution is -2.18. The van der Waals surface area contributed by atoms with Crippen LogP contribution in [-0.4, -0.2) is 31.9 Å². The Kier molecular flexibility index (Phi) is 3.49. The summed E-state index contributed by atoms with van der Waals surface area (Å²) < 4.78 is 34.4. The third kappa shape index (κ3) is 4.04. The SMILES string of the molecule is O=S(=O)(O)CCC1CCOCC1. The van der Waals surface area contributed by atoms with Gasteiger partial charge in [-0.1, -0.05) is 0 Å². The van der Waals surface area contributed by atoms with Gasteiger partial charge in [0.15, 0.2) is 0 Å². The molecule has 1 aliphatic heterocycles. The lowest BCUT2D eigenvalue weighted by atomic mass is 9.98. The molecule has 0 aliphatic carbocycles. The summed E-state index contributed by atoms with van der Waals surface area (Å²) in [7, 11) is -3.76. The lowest BCUT2D eigenvalue weighted by molar-refractivity contribution is 0.0654. The Morgan fingerprint density at radius 1 is 1.33 bits per heavy atom. The maximum absolute atomic E-state index is 10.4. The molecule has 0 atom stereocenters. The Balaban J connectivity index is 2.22. The van der Waals surface area contributed by atoms with Crippen LogP contribution >= 0.6 is 0 Å². The fourth-order valence-electron chi connectivity index (χ4n) is 1.35. The predicted octanol–water partition coefficient (Wildman–Crippen LogP) is 0.691. The first-order valence-corrected chi connectivity index (χ1v) is 5.72. The molecular formula is C7H14O4S. The molecule has 0 bridgehead atoms. The second-order valence-corrected chi connectivity index (χ2v) is 4.70. The molecule has 1 N–H and O–H groups in total. The second kappa shape index (κ2) is 4.20. The molecular weight excluding hydrogens is 180 g/mol. The van der Waals surface area contributed by atoms with Gasteiger partial charge in [0.2, 0.25) is 0 Å². The van der Waals surface area contributed by atoms with Crippen molar-refractivity contribution in [2.24, 2.45) is 5.92 Å². The van der Waals surface area contributed by atoms with E-state index in [-0.39, 0.29) is 5.75 Å². The van der Waals surface area contributed by atoms with Crippen LogP contribution in [0.25, 0.3) is 0 Å². The molecule has 1 rings (SSSR count). The van der Waals surface area contributed by atoms with Crippen LogP contribution in [0, 0.1) is 5.92 Å². The second-order valence-electron chi connectivity index (χ2n) is 3.13. The van der Waals surface area contributed by atoms with Crippen LogP contribution in [0.3, 0.4) is 0 Å². The maximum Gasteiger partial charge on any atom is 0.264 e. The molecule has 1 heterocycles. The Bertz CT molecular complexity index is 216. The summed E-state index contributed by atoms with van der Waals surface area (Å²) in [5, 5.41) is 0. The molecule has 72 valence electrons. The zero-order valence-corrected chi connectivity index (χ0v) is 7.72. The van der Waals surface area contributed by atoms with Gasteiger partial charge in [-0.25, -0.2) is 0 Å². The topological polar surface area (TPSA) is 63.6 Å². The van der Waals surface area contributed by atoms with E-state index in [0.29, 0.717) is 12.3 Å². The standard InChI is InChI=1S/C7H14O4S/c8-12(9,10)6-3-7-1-4-11-5-2-7/h7H,1-6H2,(H,8,9,10). The van der Waals surface area contributed by atoms with Gasteiger partial charge in [0, 0.05) is 13.2 Å². The van der Waals surface area contributed by atoms with E-state index in [9.17, 15) is 8.42 Å². The Morgan fingerprint density at radius 2 is 1.92 bits per heavy atom. The predicted molar refractivity (Wildman–Crippen MR) is 44.6 cm³/mol. The zero-order valence-electron chi connectivity index (χ0n) is 6.90. The monoisotopic (exact) mass is 194 g/mol. The van der Waals surface area contributed by atoms with Crippen molar-refractivity contribution in [3.63, 3.8) is 0 Å². The Morgan fingerprint density at radius 3 is 2.42 bits per heavy atom. The van der Waals surface area contributed by atoms with Crippen molar-refractivity contribution in [2.45, 2.75) is 19.3 Å². The summed E-state index contributed by atoms with van der Waals surface area (Å²) in [5.41, 5.74) is 0. The molecule has 0 saturated carbocycles. The first kappa shape index (κ1) is 9.95. The van der Waals surface area contributed by atoms with Crippen LogP contribution in [0.15, 0.2) is 0 Å². The van der Waals surface area contributed by atoms with Crippen molar-refractivity contribution in [3.8, 4) is 0 Å². The van der Waals surface area contributed by atoms with E-state index in [2.05, 4.69) is 0 Å². The van der Waals surface area contributed by atoms with E-state index in [1.807, 2.05) is 0 Å². The van der Waals surface area contributed by atoms with Crippen LogP contribution in [0.1, 0.15) is 19.3 Å². The molecule has 0 amide bonds. The third-order valence-electron chi connectivity index (χ3n) is 2.12. The number of hydrogen-bond acceptors (Lipinski definition) is 3. The van der Waals surface area contributed by atoms with Gasteiger partial charge in [-0.2, -0.15) is 8.42 Å². The van der Waals surface area contributed by atoms with Gasteiger partial charge in [0.05, 0.1) is 5.75 Å². The molecule has 1 saturated heterocycles. The summed E-state index contributed by atoms with van der Waals surface area (Å²) in [5.74, 6) is 0.290. The fourth-order valence-corrected chi connectivity index (χ4v) is 1.98. The third-order valence-corrected chi connectivity index (χ3v) is 2.88. The highest BCUT2D eigenvalue weighted by Crippen LogP contribution is 2.18. The van der Waals surface area contributed by atoms with Crippen molar-refractivity contribution < 1.29 is 17.7 Å². The fraction of sp³-hybridized carbons (Fsp3) is 1.00. The molecule has 0 aromatic rings. The summed E-state index contributed by atoms with van der Waals surface area (Å²) in [6.45, 7) is 1.44. The molecule has 0 aromatic heterocycles. The average molecular weight is 194 g/mol. The van der Waals surface area contributed by atoms with Crippen molar-refractivity contribution in [3.05, 3.63) is 0 Å². The minimum atomic E-state index is -3.76. The van der Waals surface area contributed by atoms with Gasteiger partial charge in [-0.15, -0.1) is 0 Å². The molecule has 0 radical (unpaired) electrons. The molecule has 0 aromatic carbocycles. The van der Waals surface area contributed by atoms with E-state index in [1.165, 1.54) is 0 Å². The van der Waals surface area contributed by atoms with Gasteiger partial charge in [-0.05, 0) is 25.2 Å². The molecule has 4 nitrogen and oxygen atoms in total. The van der Waals surface area contributed by atoms with Crippen molar-refractivity contribution in [1.29, 1.82) is 0 Å². The molecule has 12 heavy (non-hydrogen) atoms. The molecule has 0 unspecified atom stereocenters. The van der Waals surface area contributed by atoms with E-state index in [0.717, 1.165) is 26.1 Å². The van der Waals surface area contributed by atoms with Gasteiger partial charge >= 0.3 is 0 Å². The van der Waals surface area contributed by atoms with Crippen LogP contribution < -0.4 is 0 Å². The minimum absolute atomic E-state index is 0.113. The van der Waals surface area contributed by atoms with Gasteiger partial charge in [0.25, 0.3) is 10.1 Å². The highest BCUT2D eigenvalue weighted by atomic mass is 32.2. The van der Waals surface area contributed by atoms with E-state index in [4.69, 9.17) is 9.29 Å². The smallest absolute Gasteiger partial charge is 0.264 e. The zero-order chi connectivity index (χ0) is 9.03. The van der Waals surface area contributed by atoms with Crippen LogP contribution in [0.5, 0.6) is 0 Å². The first-order valence-electron chi connectivity index (χ1n) is 4.11. The average Bonchev–Trinajstić information content (AvgIpc) is 2.02. The van der Waals surface area contributed by atoms with Gasteiger partial charge in [0.1, 0.15) is 0 Å². The van der Waals surface area contributed by atoms with Crippen molar-refractivity contribution >= 4 is 10.1 Å². The van der Waals surface area contributed by atoms with Crippen molar-refractivity contribution in [1.82, 2.24) is 0 Å². The number of ether oxygens (including phenoxy) is 1. The Hall–Kier alpha value is -0.130. The summed E-state index contributed by atoms with van der Waals surface area (Å²) >= 11 is 0. The highest BCUT2D eigenvalue weighted by Gasteiger charge is 2.16. The molecule has 1 fully saturated rings. The van der Waals surface area contributed by atoms with Crippen LogP contribution in [0.2, 0.25) is 0 Å². The van der Waals surface area contributed by atoms with E-state index >= 15 is 0 Å². The summed E-state index contributed by atoms with van der Waals surface area (Å²) in [6, 6.07) is 0. The first-order chi connectivity index (χ1) is 5.58.